The van der Waals surface area contributed by atoms with Crippen molar-refractivity contribution in [2.45, 2.75) is 70.6 Å². The zero-order chi connectivity index (χ0) is 23.4. The van der Waals surface area contributed by atoms with Crippen LogP contribution in [0.2, 0.25) is 0 Å². The van der Waals surface area contributed by atoms with Gasteiger partial charge < -0.3 is 0 Å². The van der Waals surface area contributed by atoms with Gasteiger partial charge in [0, 0.05) is 0 Å². The van der Waals surface area contributed by atoms with E-state index in [4.69, 9.17) is 0 Å². The van der Waals surface area contributed by atoms with Crippen LogP contribution in [0.1, 0.15) is 82.2 Å². The summed E-state index contributed by atoms with van der Waals surface area (Å²) >= 11 is 0. The summed E-state index contributed by atoms with van der Waals surface area (Å²) in [5, 5.41) is 0. The van der Waals surface area contributed by atoms with Gasteiger partial charge in [-0.1, -0.05) is 127 Å². The first-order chi connectivity index (χ1) is 15.6. The minimum atomic E-state index is -0.286. The molecule has 33 heavy (non-hydrogen) atoms. The second-order valence-corrected chi connectivity index (χ2v) is 11.8. The summed E-state index contributed by atoms with van der Waals surface area (Å²) in [6, 6.07) is 25.6. The molecule has 0 aromatic heterocycles. The smallest absolute Gasteiger partial charge is 0.0710 e. The molecule has 0 heteroatoms. The lowest BCUT2D eigenvalue weighted by atomic mass is 9.65. The van der Waals surface area contributed by atoms with E-state index in [-0.39, 0.29) is 16.2 Å². The Kier molecular flexibility index (Phi) is 5.05. The number of allylic oxidation sites excluding steroid dienone is 4. The van der Waals surface area contributed by atoms with E-state index in [1.165, 1.54) is 44.5 Å². The Bertz CT molecular complexity index is 1190. The van der Waals surface area contributed by atoms with E-state index in [1.807, 2.05) is 0 Å². The van der Waals surface area contributed by atoms with Crippen LogP contribution in [0.3, 0.4) is 0 Å². The van der Waals surface area contributed by atoms with E-state index in [2.05, 4.69) is 127 Å². The highest BCUT2D eigenvalue weighted by Crippen LogP contribution is 2.58. The predicted molar refractivity (Wildman–Crippen MR) is 142 cm³/mol. The van der Waals surface area contributed by atoms with Crippen molar-refractivity contribution < 1.29 is 0 Å². The molecule has 0 heterocycles. The highest BCUT2D eigenvalue weighted by molar-refractivity contribution is 5.87. The second-order valence-electron chi connectivity index (χ2n) is 11.8. The lowest BCUT2D eigenvalue weighted by Crippen LogP contribution is -2.30. The average Bonchev–Trinajstić information content (AvgIpc) is 3.09. The van der Waals surface area contributed by atoms with Crippen molar-refractivity contribution in [1.82, 2.24) is 0 Å². The minimum Gasteiger partial charge on any atom is -0.0839 e. The Morgan fingerprint density at radius 3 is 1.64 bits per heavy atom. The predicted octanol–water partition coefficient (Wildman–Crippen LogP) is 8.87. The molecular formula is C33H36. The van der Waals surface area contributed by atoms with Crippen LogP contribution in [0.25, 0.3) is 11.1 Å². The largest absolute Gasteiger partial charge is 0.0839 e. The quantitative estimate of drug-likeness (QED) is 0.379. The molecular weight excluding hydrogens is 396 g/mol. The normalized spacial score (nSPS) is 16.8. The highest BCUT2D eigenvalue weighted by Gasteiger charge is 2.47. The maximum atomic E-state index is 2.50. The van der Waals surface area contributed by atoms with Gasteiger partial charge in [0.05, 0.1) is 5.41 Å². The molecule has 0 atom stereocenters. The number of fused-ring (bicyclic) bond motifs is 3. The van der Waals surface area contributed by atoms with E-state index in [0.717, 1.165) is 12.8 Å². The van der Waals surface area contributed by atoms with Crippen LogP contribution in [-0.4, -0.2) is 0 Å². The summed E-state index contributed by atoms with van der Waals surface area (Å²) < 4.78 is 0. The van der Waals surface area contributed by atoms with Gasteiger partial charge in [0.25, 0.3) is 0 Å². The molecule has 3 aromatic carbocycles. The summed E-state index contributed by atoms with van der Waals surface area (Å²) in [7, 11) is 0. The Balaban J connectivity index is 1.94. The summed E-state index contributed by atoms with van der Waals surface area (Å²) in [6.45, 7) is 13.9. The minimum absolute atomic E-state index is 0.0968. The molecule has 0 bridgehead atoms. The van der Waals surface area contributed by atoms with E-state index in [9.17, 15) is 0 Å². The maximum Gasteiger partial charge on any atom is 0.0710 e. The molecule has 0 nitrogen and oxygen atoms in total. The number of hydrogen-bond acceptors (Lipinski definition) is 0. The molecule has 0 saturated heterocycles. The molecule has 0 aliphatic heterocycles. The molecule has 0 saturated carbocycles. The Morgan fingerprint density at radius 2 is 1.18 bits per heavy atom. The monoisotopic (exact) mass is 432 g/mol. The molecule has 0 radical (unpaired) electrons. The molecule has 0 amide bonds. The first-order valence-corrected chi connectivity index (χ1v) is 12.4. The molecule has 2 aliphatic carbocycles. The van der Waals surface area contributed by atoms with E-state index < -0.39 is 0 Å². The lowest BCUT2D eigenvalue weighted by molar-refractivity contribution is 0.586. The van der Waals surface area contributed by atoms with Gasteiger partial charge in [0.2, 0.25) is 0 Å². The molecule has 5 rings (SSSR count). The summed E-state index contributed by atoms with van der Waals surface area (Å²) in [6.07, 6.45) is 9.46. The van der Waals surface area contributed by atoms with Crippen molar-refractivity contribution in [2.24, 2.45) is 0 Å². The van der Waals surface area contributed by atoms with Crippen molar-refractivity contribution in [3.8, 4) is 11.1 Å². The van der Waals surface area contributed by atoms with Gasteiger partial charge in [-0.15, -0.1) is 0 Å². The maximum absolute atomic E-state index is 2.50. The van der Waals surface area contributed by atoms with Crippen LogP contribution >= 0.6 is 0 Å². The fourth-order valence-electron chi connectivity index (χ4n) is 5.63. The SMILES string of the molecule is CC(C)(C)c1ccc2c(c1)C(C1=CCCC=C1)(c1ccccc1)c1cc(C(C)(C)C)ccc1-2. The fourth-order valence-corrected chi connectivity index (χ4v) is 5.63. The van der Waals surface area contributed by atoms with Crippen LogP contribution in [0.4, 0.5) is 0 Å². The summed E-state index contributed by atoms with van der Waals surface area (Å²) in [4.78, 5) is 0. The summed E-state index contributed by atoms with van der Waals surface area (Å²) in [5.74, 6) is 0. The Morgan fingerprint density at radius 1 is 0.636 bits per heavy atom. The molecule has 3 aromatic rings. The number of hydrogen-bond donors (Lipinski definition) is 0. The topological polar surface area (TPSA) is 0 Å². The van der Waals surface area contributed by atoms with Crippen molar-refractivity contribution in [1.29, 1.82) is 0 Å². The van der Waals surface area contributed by atoms with Crippen LogP contribution in [0, 0.1) is 0 Å². The third kappa shape index (κ3) is 3.43. The van der Waals surface area contributed by atoms with E-state index in [1.54, 1.807) is 0 Å². The molecule has 0 fully saturated rings. The Labute approximate surface area is 200 Å². The zero-order valence-electron chi connectivity index (χ0n) is 21.0. The van der Waals surface area contributed by atoms with Crippen LogP contribution < -0.4 is 0 Å². The average molecular weight is 433 g/mol. The van der Waals surface area contributed by atoms with Crippen LogP contribution in [0.15, 0.2) is 90.5 Å². The second kappa shape index (κ2) is 7.59. The number of rotatable bonds is 2. The van der Waals surface area contributed by atoms with E-state index in [0.29, 0.717) is 0 Å². The molecule has 2 aliphatic rings. The third-order valence-corrected chi connectivity index (χ3v) is 7.50. The summed E-state index contributed by atoms with van der Waals surface area (Å²) in [5.41, 5.74) is 11.1. The van der Waals surface area contributed by atoms with Gasteiger partial charge in [0.15, 0.2) is 0 Å². The van der Waals surface area contributed by atoms with Crippen molar-refractivity contribution in [3.63, 3.8) is 0 Å². The fraction of sp³-hybridized carbons (Fsp3) is 0.333. The van der Waals surface area contributed by atoms with Crippen LogP contribution in [-0.2, 0) is 16.2 Å². The molecule has 0 unspecified atom stereocenters. The van der Waals surface area contributed by atoms with Gasteiger partial charge in [-0.25, -0.2) is 0 Å². The van der Waals surface area contributed by atoms with Crippen molar-refractivity contribution in [2.75, 3.05) is 0 Å². The van der Waals surface area contributed by atoms with E-state index >= 15 is 0 Å². The van der Waals surface area contributed by atoms with Gasteiger partial charge in [-0.05, 0) is 68.2 Å². The van der Waals surface area contributed by atoms with Gasteiger partial charge in [-0.2, -0.15) is 0 Å². The zero-order valence-corrected chi connectivity index (χ0v) is 21.0. The third-order valence-electron chi connectivity index (χ3n) is 7.50. The highest BCUT2D eigenvalue weighted by atomic mass is 14.5. The van der Waals surface area contributed by atoms with Crippen molar-refractivity contribution in [3.05, 3.63) is 118 Å². The number of benzene rings is 3. The van der Waals surface area contributed by atoms with Crippen molar-refractivity contribution >= 4 is 0 Å². The Hall–Kier alpha value is -2.86. The van der Waals surface area contributed by atoms with Crippen LogP contribution in [0.5, 0.6) is 0 Å². The lowest BCUT2D eigenvalue weighted by Gasteiger charge is -2.37. The first-order valence-electron chi connectivity index (χ1n) is 12.4. The van der Waals surface area contributed by atoms with Gasteiger partial charge >= 0.3 is 0 Å². The first kappa shape index (κ1) is 22.0. The molecule has 168 valence electrons. The molecule has 0 spiro atoms. The van der Waals surface area contributed by atoms with Gasteiger partial charge in [0.1, 0.15) is 0 Å². The van der Waals surface area contributed by atoms with Gasteiger partial charge in [-0.3, -0.25) is 0 Å². The standard InChI is InChI=1S/C33H36/c1-31(2,3)25-17-19-27-28-20-18-26(32(4,5)6)22-30(28)33(29(27)21-25,23-13-9-7-10-14-23)24-15-11-8-12-16-24/h7,9-11,13-22H,8,12H2,1-6H3. The molecule has 0 N–H and O–H groups in total.